The Bertz CT molecular complexity index is 1200. The van der Waals surface area contributed by atoms with Crippen LogP contribution in [0, 0.1) is 0 Å². The normalized spacial score (nSPS) is 11.4. The van der Waals surface area contributed by atoms with Crippen molar-refractivity contribution >= 4 is 43.4 Å². The molecule has 0 radical (unpaired) electrons. The van der Waals surface area contributed by atoms with E-state index in [2.05, 4.69) is 11.0 Å². The molecule has 0 saturated heterocycles. The van der Waals surface area contributed by atoms with Gasteiger partial charge in [0.2, 0.25) is 0 Å². The second kappa shape index (κ2) is 9.45. The van der Waals surface area contributed by atoms with Gasteiger partial charge in [-0.15, -0.1) is 0 Å². The maximum Gasteiger partial charge on any atom is 0.260 e. The lowest BCUT2D eigenvalue weighted by Crippen LogP contribution is -2.33. The Morgan fingerprint density at radius 2 is 1.81 bits per heavy atom. The number of nitrogens with zero attached hydrogens (tertiary/aromatic N) is 3. The van der Waals surface area contributed by atoms with E-state index in [0.717, 1.165) is 44.8 Å². The van der Waals surface area contributed by atoms with Crippen LogP contribution in [0.4, 0.5) is 5.13 Å². The maximum absolute atomic E-state index is 13.6. The molecule has 0 fully saturated rings. The first-order valence-electron chi connectivity index (χ1n) is 10.5. The summed E-state index contributed by atoms with van der Waals surface area (Å²) in [6.45, 7) is 4.11. The van der Waals surface area contributed by atoms with Crippen molar-refractivity contribution < 1.29 is 9.53 Å². The molecule has 0 saturated carbocycles. The second-order valence-corrected chi connectivity index (χ2v) is 8.74. The summed E-state index contributed by atoms with van der Waals surface area (Å²) in [5.74, 6) is 0.804. The third-order valence-electron chi connectivity index (χ3n) is 5.12. The number of aromatic nitrogens is 1. The quantitative estimate of drug-likeness (QED) is 0.371. The molecule has 1 heterocycles. The van der Waals surface area contributed by atoms with Crippen molar-refractivity contribution in [1.82, 2.24) is 9.88 Å². The number of amides is 1. The first-order chi connectivity index (χ1) is 15.0. The van der Waals surface area contributed by atoms with Crippen molar-refractivity contribution in [3.05, 3.63) is 66.2 Å². The minimum absolute atomic E-state index is 0.0198. The van der Waals surface area contributed by atoms with Gasteiger partial charge in [0.15, 0.2) is 5.13 Å². The van der Waals surface area contributed by atoms with Crippen molar-refractivity contribution in [2.24, 2.45) is 0 Å². The Morgan fingerprint density at radius 1 is 1.00 bits per heavy atom. The molecule has 4 aromatic rings. The van der Waals surface area contributed by atoms with Crippen LogP contribution in [0.2, 0.25) is 0 Å². The molecule has 1 aromatic heterocycles. The van der Waals surface area contributed by atoms with Crippen molar-refractivity contribution in [3.63, 3.8) is 0 Å². The standard InChI is InChI=1S/C25H27N3O2S/c1-4-30-21-12-13-22-23(17-21)31-25(26-22)28(15-7-14-27(2)3)24(29)20-11-10-18-8-5-6-9-19(18)16-20/h5-6,8-13,16-17H,4,7,14-15H2,1-3H3. The van der Waals surface area contributed by atoms with Crippen molar-refractivity contribution in [1.29, 1.82) is 0 Å². The van der Waals surface area contributed by atoms with E-state index in [1.165, 1.54) is 11.3 Å². The lowest BCUT2D eigenvalue weighted by molar-refractivity contribution is 0.0986. The zero-order valence-corrected chi connectivity index (χ0v) is 19.0. The summed E-state index contributed by atoms with van der Waals surface area (Å²) in [7, 11) is 4.09. The molecular weight excluding hydrogens is 406 g/mol. The minimum Gasteiger partial charge on any atom is -0.494 e. The van der Waals surface area contributed by atoms with Gasteiger partial charge in [0.1, 0.15) is 5.75 Å². The number of hydrogen-bond acceptors (Lipinski definition) is 5. The molecule has 1 amide bonds. The van der Waals surface area contributed by atoms with Crippen LogP contribution in [0.1, 0.15) is 23.7 Å². The van der Waals surface area contributed by atoms with E-state index in [4.69, 9.17) is 9.72 Å². The number of fused-ring (bicyclic) bond motifs is 2. The largest absolute Gasteiger partial charge is 0.494 e. The number of ether oxygens (including phenoxy) is 1. The molecule has 160 valence electrons. The van der Waals surface area contributed by atoms with E-state index in [0.29, 0.717) is 18.7 Å². The third-order valence-corrected chi connectivity index (χ3v) is 6.16. The van der Waals surface area contributed by atoms with Gasteiger partial charge in [-0.05, 0) is 75.1 Å². The summed E-state index contributed by atoms with van der Waals surface area (Å²) in [6.07, 6.45) is 0.868. The van der Waals surface area contributed by atoms with Gasteiger partial charge < -0.3 is 9.64 Å². The molecule has 5 nitrogen and oxygen atoms in total. The minimum atomic E-state index is -0.0198. The summed E-state index contributed by atoms with van der Waals surface area (Å²) < 4.78 is 6.64. The van der Waals surface area contributed by atoms with Crippen LogP contribution in [0.5, 0.6) is 5.75 Å². The van der Waals surface area contributed by atoms with Crippen LogP contribution in [0.3, 0.4) is 0 Å². The second-order valence-electron chi connectivity index (χ2n) is 7.73. The van der Waals surface area contributed by atoms with E-state index in [-0.39, 0.29) is 5.91 Å². The third kappa shape index (κ3) is 4.86. The lowest BCUT2D eigenvalue weighted by Gasteiger charge is -2.21. The number of hydrogen-bond donors (Lipinski definition) is 0. The molecule has 0 aliphatic rings. The van der Waals surface area contributed by atoms with E-state index in [1.54, 1.807) is 0 Å². The molecule has 0 atom stereocenters. The molecule has 0 N–H and O–H groups in total. The van der Waals surface area contributed by atoms with Crippen LogP contribution in [-0.2, 0) is 0 Å². The van der Waals surface area contributed by atoms with Crippen molar-refractivity contribution in [3.8, 4) is 5.75 Å². The summed E-state index contributed by atoms with van der Waals surface area (Å²) in [4.78, 5) is 22.3. The Kier molecular flexibility index (Phi) is 6.49. The van der Waals surface area contributed by atoms with Gasteiger partial charge in [0.05, 0.1) is 16.8 Å². The fourth-order valence-electron chi connectivity index (χ4n) is 3.57. The van der Waals surface area contributed by atoms with E-state index < -0.39 is 0 Å². The fourth-order valence-corrected chi connectivity index (χ4v) is 4.59. The predicted octanol–water partition coefficient (Wildman–Crippen LogP) is 5.45. The molecule has 0 unspecified atom stereocenters. The Labute approximate surface area is 186 Å². The van der Waals surface area contributed by atoms with Crippen LogP contribution in [-0.4, -0.2) is 49.6 Å². The highest BCUT2D eigenvalue weighted by molar-refractivity contribution is 7.22. The molecule has 3 aromatic carbocycles. The topological polar surface area (TPSA) is 45.7 Å². The molecule has 4 rings (SSSR count). The number of thiazole rings is 1. The van der Waals surface area contributed by atoms with Crippen LogP contribution >= 0.6 is 11.3 Å². The molecule has 0 aliphatic carbocycles. The Hall–Kier alpha value is -2.96. The molecular formula is C25H27N3O2S. The van der Waals surface area contributed by atoms with Gasteiger partial charge >= 0.3 is 0 Å². The maximum atomic E-state index is 13.6. The van der Waals surface area contributed by atoms with Gasteiger partial charge in [0.25, 0.3) is 5.91 Å². The van der Waals surface area contributed by atoms with Gasteiger partial charge in [0, 0.05) is 12.1 Å². The average molecular weight is 434 g/mol. The van der Waals surface area contributed by atoms with Gasteiger partial charge in [-0.2, -0.15) is 0 Å². The summed E-state index contributed by atoms with van der Waals surface area (Å²) in [5, 5.41) is 2.91. The van der Waals surface area contributed by atoms with E-state index in [9.17, 15) is 4.79 Å². The molecule has 0 bridgehead atoms. The Morgan fingerprint density at radius 3 is 2.58 bits per heavy atom. The summed E-state index contributed by atoms with van der Waals surface area (Å²) in [6, 6.07) is 19.9. The van der Waals surface area contributed by atoms with Gasteiger partial charge in [-0.1, -0.05) is 41.7 Å². The summed E-state index contributed by atoms with van der Waals surface area (Å²) in [5.41, 5.74) is 1.56. The molecule has 0 aliphatic heterocycles. The van der Waals surface area contributed by atoms with Crippen molar-refractivity contribution in [2.45, 2.75) is 13.3 Å². The Balaban J connectivity index is 1.68. The van der Waals surface area contributed by atoms with Gasteiger partial charge in [-0.25, -0.2) is 4.98 Å². The monoisotopic (exact) mass is 433 g/mol. The first-order valence-corrected chi connectivity index (χ1v) is 11.4. The fraction of sp³-hybridized carbons (Fsp3) is 0.280. The SMILES string of the molecule is CCOc1ccc2nc(N(CCCN(C)C)C(=O)c3ccc4ccccc4c3)sc2c1. The highest BCUT2D eigenvalue weighted by Gasteiger charge is 2.21. The van der Waals surface area contributed by atoms with Crippen molar-refractivity contribution in [2.75, 3.05) is 38.7 Å². The van der Waals surface area contributed by atoms with Crippen LogP contribution < -0.4 is 9.64 Å². The molecule has 31 heavy (non-hydrogen) atoms. The number of anilines is 1. The highest BCUT2D eigenvalue weighted by atomic mass is 32.1. The first kappa shape index (κ1) is 21.3. The van der Waals surface area contributed by atoms with E-state index >= 15 is 0 Å². The number of benzene rings is 3. The lowest BCUT2D eigenvalue weighted by atomic mass is 10.1. The highest BCUT2D eigenvalue weighted by Crippen LogP contribution is 2.32. The van der Waals surface area contributed by atoms with Gasteiger partial charge in [-0.3, -0.25) is 9.69 Å². The zero-order chi connectivity index (χ0) is 21.8. The number of carbonyl (C=O) groups is 1. The van der Waals surface area contributed by atoms with Crippen LogP contribution in [0.25, 0.3) is 21.0 Å². The summed E-state index contributed by atoms with van der Waals surface area (Å²) >= 11 is 1.53. The van der Waals surface area contributed by atoms with E-state index in [1.807, 2.05) is 80.5 Å². The predicted molar refractivity (Wildman–Crippen MR) is 130 cm³/mol. The number of rotatable bonds is 8. The van der Waals surface area contributed by atoms with Crippen LogP contribution in [0.15, 0.2) is 60.7 Å². The molecule has 6 heteroatoms. The smallest absolute Gasteiger partial charge is 0.260 e. The molecule has 0 spiro atoms. The number of carbonyl (C=O) groups excluding carboxylic acids is 1. The zero-order valence-electron chi connectivity index (χ0n) is 18.2. The average Bonchev–Trinajstić information content (AvgIpc) is 3.19.